The maximum atomic E-state index is 10.7. The molecule has 0 saturated heterocycles. The molecule has 1 N–H and O–H groups in total. The van der Waals surface area contributed by atoms with Gasteiger partial charge in [-0.15, -0.1) is 0 Å². The topological polar surface area (TPSA) is 54.4 Å². The first-order chi connectivity index (χ1) is 6.29. The molecule has 0 fully saturated rings. The number of benzene rings is 1. The molecule has 0 bridgehead atoms. The molecule has 0 atom stereocenters. The third kappa shape index (κ3) is 2.82. The minimum atomic E-state index is -3.93. The lowest BCUT2D eigenvalue weighted by Crippen LogP contribution is -2.04. The van der Waals surface area contributed by atoms with Crippen LogP contribution in [0.5, 0.6) is 0 Å². The normalized spacial score (nSPS) is 11.7. The van der Waals surface area contributed by atoms with E-state index in [1.54, 1.807) is 6.07 Å². The van der Waals surface area contributed by atoms with Crippen LogP contribution in [0.1, 0.15) is 22.3 Å². The van der Waals surface area contributed by atoms with Gasteiger partial charge in [0.25, 0.3) is 10.1 Å². The van der Waals surface area contributed by atoms with Crippen molar-refractivity contribution in [2.45, 2.75) is 26.5 Å². The van der Waals surface area contributed by atoms with Crippen LogP contribution in [0.15, 0.2) is 12.1 Å². The van der Waals surface area contributed by atoms with Gasteiger partial charge in [-0.25, -0.2) is 0 Å². The van der Waals surface area contributed by atoms with Gasteiger partial charge in [-0.1, -0.05) is 17.7 Å². The van der Waals surface area contributed by atoms with Gasteiger partial charge in [0.1, 0.15) is 5.75 Å². The summed E-state index contributed by atoms with van der Waals surface area (Å²) in [5, 5.41) is 0. The molecule has 14 heavy (non-hydrogen) atoms. The van der Waals surface area contributed by atoms with Crippen LogP contribution in [0.3, 0.4) is 0 Å². The van der Waals surface area contributed by atoms with E-state index in [1.807, 2.05) is 26.8 Å². The summed E-state index contributed by atoms with van der Waals surface area (Å²) in [7, 11) is -3.93. The molecule has 0 unspecified atom stereocenters. The number of rotatable bonds is 2. The van der Waals surface area contributed by atoms with Crippen molar-refractivity contribution in [3.05, 3.63) is 34.4 Å². The molecule has 0 aliphatic heterocycles. The number of hydrogen-bond donors (Lipinski definition) is 1. The summed E-state index contributed by atoms with van der Waals surface area (Å²) < 4.78 is 30.2. The molecule has 1 aromatic carbocycles. The SMILES string of the molecule is Cc1cc(C)c(C)c(CS(=O)(=O)O)c1. The number of hydrogen-bond acceptors (Lipinski definition) is 2. The summed E-state index contributed by atoms with van der Waals surface area (Å²) in [6, 6.07) is 3.78. The quantitative estimate of drug-likeness (QED) is 0.766. The molecule has 78 valence electrons. The smallest absolute Gasteiger partial charge is 0.269 e. The van der Waals surface area contributed by atoms with Gasteiger partial charge in [0.2, 0.25) is 0 Å². The Labute approximate surface area is 84.5 Å². The highest BCUT2D eigenvalue weighted by molar-refractivity contribution is 7.85. The van der Waals surface area contributed by atoms with Crippen molar-refractivity contribution in [1.82, 2.24) is 0 Å². The zero-order valence-corrected chi connectivity index (χ0v) is 9.35. The van der Waals surface area contributed by atoms with Crippen molar-refractivity contribution >= 4 is 10.1 Å². The van der Waals surface area contributed by atoms with E-state index in [4.69, 9.17) is 4.55 Å². The molecule has 0 aromatic heterocycles. The highest BCUT2D eigenvalue weighted by Crippen LogP contribution is 2.17. The molecular weight excluding hydrogens is 200 g/mol. The molecule has 0 heterocycles. The molecule has 1 aromatic rings. The average molecular weight is 214 g/mol. The van der Waals surface area contributed by atoms with Crippen LogP contribution in [0.25, 0.3) is 0 Å². The summed E-state index contributed by atoms with van der Waals surface area (Å²) >= 11 is 0. The van der Waals surface area contributed by atoms with Crippen LogP contribution in [0.4, 0.5) is 0 Å². The molecule has 0 amide bonds. The zero-order valence-electron chi connectivity index (χ0n) is 8.53. The average Bonchev–Trinajstić information content (AvgIpc) is 1.96. The van der Waals surface area contributed by atoms with E-state index in [-0.39, 0.29) is 5.75 Å². The summed E-state index contributed by atoms with van der Waals surface area (Å²) in [6.45, 7) is 5.69. The molecule has 0 spiro atoms. The largest absolute Gasteiger partial charge is 0.285 e. The lowest BCUT2D eigenvalue weighted by Gasteiger charge is -2.08. The summed E-state index contributed by atoms with van der Waals surface area (Å²) in [6.07, 6.45) is 0. The highest BCUT2D eigenvalue weighted by atomic mass is 32.2. The Hall–Kier alpha value is -0.870. The van der Waals surface area contributed by atoms with Gasteiger partial charge in [0, 0.05) is 0 Å². The van der Waals surface area contributed by atoms with Gasteiger partial charge in [0.05, 0.1) is 0 Å². The van der Waals surface area contributed by atoms with Crippen molar-refractivity contribution in [3.8, 4) is 0 Å². The first kappa shape index (κ1) is 11.2. The molecule has 4 heteroatoms. The summed E-state index contributed by atoms with van der Waals surface area (Å²) in [4.78, 5) is 0. The molecular formula is C10H14O3S. The van der Waals surface area contributed by atoms with E-state index in [9.17, 15) is 8.42 Å². The zero-order chi connectivity index (χ0) is 10.9. The lowest BCUT2D eigenvalue weighted by atomic mass is 10.0. The van der Waals surface area contributed by atoms with Crippen molar-refractivity contribution in [2.75, 3.05) is 0 Å². The standard InChI is InChI=1S/C10H14O3S/c1-7-4-8(2)9(3)10(5-7)6-14(11,12)13/h4-5H,6H2,1-3H3,(H,11,12,13). The minimum Gasteiger partial charge on any atom is -0.285 e. The Morgan fingerprint density at radius 3 is 2.29 bits per heavy atom. The van der Waals surface area contributed by atoms with E-state index in [1.165, 1.54) is 0 Å². The molecule has 1 rings (SSSR count). The van der Waals surface area contributed by atoms with Gasteiger partial charge in [0.15, 0.2) is 0 Å². The Morgan fingerprint density at radius 1 is 1.21 bits per heavy atom. The predicted molar refractivity (Wildman–Crippen MR) is 55.9 cm³/mol. The van der Waals surface area contributed by atoms with Crippen LogP contribution in [0, 0.1) is 20.8 Å². The van der Waals surface area contributed by atoms with E-state index < -0.39 is 10.1 Å². The maximum Gasteiger partial charge on any atom is 0.269 e. The van der Waals surface area contributed by atoms with Gasteiger partial charge in [-0.05, 0) is 37.5 Å². The molecule has 0 aliphatic carbocycles. The van der Waals surface area contributed by atoms with Crippen LogP contribution in [-0.2, 0) is 15.9 Å². The molecule has 0 aliphatic rings. The first-order valence-corrected chi connectivity index (χ1v) is 5.92. The predicted octanol–water partition coefficient (Wildman–Crippen LogP) is 2.00. The van der Waals surface area contributed by atoms with Crippen LogP contribution < -0.4 is 0 Å². The van der Waals surface area contributed by atoms with Crippen LogP contribution in [0.2, 0.25) is 0 Å². The van der Waals surface area contributed by atoms with Crippen LogP contribution in [-0.4, -0.2) is 13.0 Å². The third-order valence-corrected chi connectivity index (χ3v) is 2.93. The first-order valence-electron chi connectivity index (χ1n) is 4.31. The Balaban J connectivity index is 3.22. The second kappa shape index (κ2) is 3.71. The summed E-state index contributed by atoms with van der Waals surface area (Å²) in [5.41, 5.74) is 3.65. The second-order valence-corrected chi connectivity index (χ2v) is 5.04. The van der Waals surface area contributed by atoms with Gasteiger partial charge >= 0.3 is 0 Å². The Kier molecular flexibility index (Phi) is 2.97. The van der Waals surface area contributed by atoms with Gasteiger partial charge in [-0.2, -0.15) is 8.42 Å². The maximum absolute atomic E-state index is 10.7. The fourth-order valence-corrected chi connectivity index (χ4v) is 2.17. The van der Waals surface area contributed by atoms with Gasteiger partial charge < -0.3 is 0 Å². The van der Waals surface area contributed by atoms with Crippen molar-refractivity contribution in [3.63, 3.8) is 0 Å². The molecule has 3 nitrogen and oxygen atoms in total. The van der Waals surface area contributed by atoms with Crippen LogP contribution >= 0.6 is 0 Å². The van der Waals surface area contributed by atoms with E-state index in [0.29, 0.717) is 5.56 Å². The minimum absolute atomic E-state index is 0.304. The summed E-state index contributed by atoms with van der Waals surface area (Å²) in [5.74, 6) is -0.304. The monoisotopic (exact) mass is 214 g/mol. The van der Waals surface area contributed by atoms with E-state index in [2.05, 4.69) is 0 Å². The third-order valence-electron chi connectivity index (χ3n) is 2.26. The van der Waals surface area contributed by atoms with Crippen molar-refractivity contribution in [2.24, 2.45) is 0 Å². The second-order valence-electron chi connectivity index (χ2n) is 3.59. The van der Waals surface area contributed by atoms with E-state index >= 15 is 0 Å². The highest BCUT2D eigenvalue weighted by Gasteiger charge is 2.10. The van der Waals surface area contributed by atoms with Crippen molar-refractivity contribution in [1.29, 1.82) is 0 Å². The van der Waals surface area contributed by atoms with Gasteiger partial charge in [-0.3, -0.25) is 4.55 Å². The molecule has 0 saturated carbocycles. The van der Waals surface area contributed by atoms with Crippen molar-refractivity contribution < 1.29 is 13.0 Å². The van der Waals surface area contributed by atoms with E-state index in [0.717, 1.165) is 16.7 Å². The Bertz CT molecular complexity index is 447. The molecule has 0 radical (unpaired) electrons. The lowest BCUT2D eigenvalue weighted by molar-refractivity contribution is 0.482. The fraction of sp³-hybridized carbons (Fsp3) is 0.400. The Morgan fingerprint density at radius 2 is 1.79 bits per heavy atom. The number of aryl methyl sites for hydroxylation is 2. The fourth-order valence-electron chi connectivity index (χ4n) is 1.47.